The largest absolute Gasteiger partial charge is 0.465 e. The van der Waals surface area contributed by atoms with E-state index in [2.05, 4.69) is 4.74 Å². The quantitative estimate of drug-likeness (QED) is 0.730. The van der Waals surface area contributed by atoms with Crippen LogP contribution in [0.3, 0.4) is 0 Å². The Hall–Kier alpha value is -2.90. The van der Waals surface area contributed by atoms with Crippen molar-refractivity contribution >= 4 is 29.4 Å². The first kappa shape index (κ1) is 19.4. The normalized spacial score (nSPS) is 14.0. The Kier molecular flexibility index (Phi) is 6.32. The van der Waals surface area contributed by atoms with Crippen molar-refractivity contribution in [2.45, 2.75) is 13.8 Å². The standard InChI is InChI=1S/C18H23N3O5/c1-13(22)19-8-10-20(11-9-19)17(24)12-21(14(2)23)16-6-4-15(5-7-16)18(25)26-3/h4-7H,8-12H2,1-3H3. The van der Waals surface area contributed by atoms with Gasteiger partial charge in [0.05, 0.1) is 12.7 Å². The van der Waals surface area contributed by atoms with Gasteiger partial charge < -0.3 is 19.4 Å². The highest BCUT2D eigenvalue weighted by molar-refractivity contribution is 5.98. The third-order valence-electron chi connectivity index (χ3n) is 4.35. The highest BCUT2D eigenvalue weighted by Crippen LogP contribution is 2.17. The van der Waals surface area contributed by atoms with Gasteiger partial charge in [0.1, 0.15) is 6.54 Å². The van der Waals surface area contributed by atoms with Gasteiger partial charge in [-0.1, -0.05) is 0 Å². The molecule has 8 heteroatoms. The van der Waals surface area contributed by atoms with Crippen molar-refractivity contribution in [3.63, 3.8) is 0 Å². The Morgan fingerprint density at radius 1 is 0.962 bits per heavy atom. The van der Waals surface area contributed by atoms with Crippen molar-refractivity contribution in [2.24, 2.45) is 0 Å². The maximum Gasteiger partial charge on any atom is 0.337 e. The highest BCUT2D eigenvalue weighted by atomic mass is 16.5. The molecular formula is C18H23N3O5. The van der Waals surface area contributed by atoms with E-state index in [-0.39, 0.29) is 24.3 Å². The van der Waals surface area contributed by atoms with Crippen molar-refractivity contribution in [3.8, 4) is 0 Å². The molecule has 0 saturated carbocycles. The van der Waals surface area contributed by atoms with Crippen LogP contribution >= 0.6 is 0 Å². The summed E-state index contributed by atoms with van der Waals surface area (Å²) in [5.74, 6) is -0.925. The molecule has 0 aliphatic carbocycles. The van der Waals surface area contributed by atoms with Crippen molar-refractivity contribution < 1.29 is 23.9 Å². The van der Waals surface area contributed by atoms with Crippen LogP contribution in [-0.4, -0.2) is 73.3 Å². The van der Waals surface area contributed by atoms with Gasteiger partial charge in [-0.05, 0) is 24.3 Å². The lowest BCUT2D eigenvalue weighted by Gasteiger charge is -2.35. The van der Waals surface area contributed by atoms with Crippen LogP contribution in [0.15, 0.2) is 24.3 Å². The number of ether oxygens (including phenoxy) is 1. The molecule has 3 amide bonds. The number of rotatable bonds is 4. The highest BCUT2D eigenvalue weighted by Gasteiger charge is 2.25. The van der Waals surface area contributed by atoms with Gasteiger partial charge in [-0.2, -0.15) is 0 Å². The van der Waals surface area contributed by atoms with E-state index >= 15 is 0 Å². The zero-order valence-electron chi connectivity index (χ0n) is 15.2. The molecule has 140 valence electrons. The van der Waals surface area contributed by atoms with Gasteiger partial charge in [-0.25, -0.2) is 4.79 Å². The third-order valence-corrected chi connectivity index (χ3v) is 4.35. The summed E-state index contributed by atoms with van der Waals surface area (Å²) >= 11 is 0. The predicted molar refractivity (Wildman–Crippen MR) is 94.6 cm³/mol. The number of piperazine rings is 1. The van der Waals surface area contributed by atoms with Crippen LogP contribution in [-0.2, 0) is 19.1 Å². The molecule has 0 N–H and O–H groups in total. The predicted octanol–water partition coefficient (Wildman–Crippen LogP) is 0.517. The number of methoxy groups -OCH3 is 1. The minimum atomic E-state index is -0.467. The second kappa shape index (κ2) is 8.46. The van der Waals surface area contributed by atoms with Crippen LogP contribution < -0.4 is 4.90 Å². The Balaban J connectivity index is 2.04. The molecule has 26 heavy (non-hydrogen) atoms. The Labute approximate surface area is 152 Å². The summed E-state index contributed by atoms with van der Waals surface area (Å²) < 4.78 is 4.65. The summed E-state index contributed by atoms with van der Waals surface area (Å²) in [6, 6.07) is 6.31. The molecule has 1 fully saturated rings. The van der Waals surface area contributed by atoms with Gasteiger partial charge in [-0.3, -0.25) is 14.4 Å². The number of nitrogens with zero attached hydrogens (tertiary/aromatic N) is 3. The molecule has 1 aliphatic heterocycles. The van der Waals surface area contributed by atoms with Crippen molar-refractivity contribution in [1.29, 1.82) is 0 Å². The van der Waals surface area contributed by atoms with Crippen molar-refractivity contribution in [2.75, 3.05) is 44.7 Å². The first-order chi connectivity index (χ1) is 12.3. The van der Waals surface area contributed by atoms with E-state index in [1.165, 1.54) is 25.9 Å². The van der Waals surface area contributed by atoms with Crippen molar-refractivity contribution in [3.05, 3.63) is 29.8 Å². The van der Waals surface area contributed by atoms with E-state index in [0.29, 0.717) is 37.4 Å². The number of esters is 1. The molecule has 0 aromatic heterocycles. The van der Waals surface area contributed by atoms with Gasteiger partial charge >= 0.3 is 5.97 Å². The molecule has 0 bridgehead atoms. The van der Waals surface area contributed by atoms with Crippen LogP contribution in [0.5, 0.6) is 0 Å². The van der Waals surface area contributed by atoms with Crippen LogP contribution in [0, 0.1) is 0 Å². The third kappa shape index (κ3) is 4.59. The number of anilines is 1. The summed E-state index contributed by atoms with van der Waals surface area (Å²) in [5, 5.41) is 0. The van der Waals surface area contributed by atoms with Gasteiger partial charge in [0.2, 0.25) is 17.7 Å². The minimum absolute atomic E-state index is 0.00634. The topological polar surface area (TPSA) is 87.2 Å². The molecule has 0 radical (unpaired) electrons. The minimum Gasteiger partial charge on any atom is -0.465 e. The first-order valence-corrected chi connectivity index (χ1v) is 8.33. The summed E-state index contributed by atoms with van der Waals surface area (Å²) in [6.45, 7) is 4.69. The number of amides is 3. The first-order valence-electron chi connectivity index (χ1n) is 8.33. The maximum atomic E-state index is 12.5. The van der Waals surface area contributed by atoms with Crippen LogP contribution in [0.4, 0.5) is 5.69 Å². The molecule has 2 rings (SSSR count). The van der Waals surface area contributed by atoms with E-state index < -0.39 is 5.97 Å². The van der Waals surface area contributed by atoms with Gasteiger partial charge in [0.15, 0.2) is 0 Å². The van der Waals surface area contributed by atoms with Gasteiger partial charge in [0, 0.05) is 45.7 Å². The molecule has 1 saturated heterocycles. The zero-order valence-corrected chi connectivity index (χ0v) is 15.2. The smallest absolute Gasteiger partial charge is 0.337 e. The van der Waals surface area contributed by atoms with Crippen LogP contribution in [0.1, 0.15) is 24.2 Å². The molecule has 1 aromatic rings. The molecule has 0 atom stereocenters. The second-order valence-electron chi connectivity index (χ2n) is 6.03. The fraction of sp³-hybridized carbons (Fsp3) is 0.444. The molecule has 1 aromatic carbocycles. The van der Waals surface area contributed by atoms with E-state index in [4.69, 9.17) is 0 Å². The summed E-state index contributed by atoms with van der Waals surface area (Å²) in [7, 11) is 1.29. The number of carbonyl (C=O) groups excluding carboxylic acids is 4. The number of benzene rings is 1. The van der Waals surface area contributed by atoms with E-state index in [0.717, 1.165) is 0 Å². The SMILES string of the molecule is COC(=O)c1ccc(N(CC(=O)N2CCN(C(C)=O)CC2)C(C)=O)cc1. The Bertz CT molecular complexity index is 693. The second-order valence-corrected chi connectivity index (χ2v) is 6.03. The molecule has 8 nitrogen and oxygen atoms in total. The Morgan fingerprint density at radius 2 is 1.50 bits per heavy atom. The molecular weight excluding hydrogens is 338 g/mol. The fourth-order valence-electron chi connectivity index (χ4n) is 2.79. The number of hydrogen-bond acceptors (Lipinski definition) is 5. The zero-order chi connectivity index (χ0) is 19.3. The maximum absolute atomic E-state index is 12.5. The lowest BCUT2D eigenvalue weighted by Crippen LogP contribution is -2.52. The summed E-state index contributed by atoms with van der Waals surface area (Å²) in [6.07, 6.45) is 0. The summed E-state index contributed by atoms with van der Waals surface area (Å²) in [5.41, 5.74) is 0.896. The van der Waals surface area contributed by atoms with Crippen molar-refractivity contribution in [1.82, 2.24) is 9.80 Å². The lowest BCUT2D eigenvalue weighted by molar-refractivity contribution is -0.137. The van der Waals surface area contributed by atoms with Crippen LogP contribution in [0.2, 0.25) is 0 Å². The average molecular weight is 361 g/mol. The van der Waals surface area contributed by atoms with E-state index in [9.17, 15) is 19.2 Å². The molecule has 1 aliphatic rings. The number of carbonyl (C=O) groups is 4. The van der Waals surface area contributed by atoms with E-state index in [1.807, 2.05) is 0 Å². The van der Waals surface area contributed by atoms with E-state index in [1.54, 1.807) is 34.1 Å². The lowest BCUT2D eigenvalue weighted by atomic mass is 10.2. The Morgan fingerprint density at radius 3 is 1.96 bits per heavy atom. The molecule has 0 unspecified atom stereocenters. The number of hydrogen-bond donors (Lipinski definition) is 0. The van der Waals surface area contributed by atoms with Crippen LogP contribution in [0.25, 0.3) is 0 Å². The fourth-order valence-corrected chi connectivity index (χ4v) is 2.79. The van der Waals surface area contributed by atoms with Gasteiger partial charge in [0.25, 0.3) is 0 Å². The average Bonchev–Trinajstić information content (AvgIpc) is 2.65. The molecule has 0 spiro atoms. The monoisotopic (exact) mass is 361 g/mol. The molecule has 1 heterocycles. The van der Waals surface area contributed by atoms with Gasteiger partial charge in [-0.15, -0.1) is 0 Å². The summed E-state index contributed by atoms with van der Waals surface area (Å²) in [4.78, 5) is 52.1.